The fourth-order valence-corrected chi connectivity index (χ4v) is 3.05. The van der Waals surface area contributed by atoms with Crippen LogP contribution in [-0.4, -0.2) is 12.3 Å². The van der Waals surface area contributed by atoms with Gasteiger partial charge in [-0.1, -0.05) is 31.7 Å². The molecule has 1 aromatic rings. The Morgan fingerprint density at radius 3 is 2.15 bits per heavy atom. The van der Waals surface area contributed by atoms with Crippen molar-refractivity contribution >= 4 is 5.78 Å². The number of hydrogen-bond donors (Lipinski definition) is 1. The number of benzene rings is 1. The summed E-state index contributed by atoms with van der Waals surface area (Å²) in [6.07, 6.45) is 5.39. The average molecular weight is 281 g/mol. The predicted molar refractivity (Wildman–Crippen MR) is 74.3 cm³/mol. The first kappa shape index (κ1) is 15.1. The van der Waals surface area contributed by atoms with E-state index in [1.807, 2.05) is 0 Å². The molecule has 0 unspecified atom stereocenters. The molecule has 0 amide bonds. The third-order valence-corrected chi connectivity index (χ3v) is 4.44. The van der Waals surface area contributed by atoms with E-state index in [1.165, 1.54) is 18.2 Å². The SMILES string of the molecule is NCC1(C(=O)Cc2c(F)cccc2F)CCCCCC1. The zero-order valence-electron chi connectivity index (χ0n) is 11.6. The second-order valence-electron chi connectivity index (χ2n) is 5.70. The summed E-state index contributed by atoms with van der Waals surface area (Å²) in [5.74, 6) is -1.43. The maximum Gasteiger partial charge on any atom is 0.144 e. The molecule has 4 heteroatoms. The van der Waals surface area contributed by atoms with Crippen molar-refractivity contribution in [3.05, 3.63) is 35.4 Å². The van der Waals surface area contributed by atoms with Crippen molar-refractivity contribution < 1.29 is 13.6 Å². The first-order valence-corrected chi connectivity index (χ1v) is 7.25. The maximum atomic E-state index is 13.7. The Labute approximate surface area is 118 Å². The third kappa shape index (κ3) is 3.06. The number of Topliss-reactive ketones (excluding diaryl/α,β-unsaturated/α-hetero) is 1. The van der Waals surface area contributed by atoms with Crippen molar-refractivity contribution in [2.24, 2.45) is 11.1 Å². The summed E-state index contributed by atoms with van der Waals surface area (Å²) < 4.78 is 27.3. The third-order valence-electron chi connectivity index (χ3n) is 4.44. The Balaban J connectivity index is 2.21. The Morgan fingerprint density at radius 2 is 1.65 bits per heavy atom. The lowest BCUT2D eigenvalue weighted by atomic mass is 9.74. The molecular formula is C16H21F2NO. The van der Waals surface area contributed by atoms with E-state index in [9.17, 15) is 13.6 Å². The van der Waals surface area contributed by atoms with Gasteiger partial charge in [0.05, 0.1) is 0 Å². The van der Waals surface area contributed by atoms with Crippen molar-refractivity contribution in [2.45, 2.75) is 44.9 Å². The maximum absolute atomic E-state index is 13.7. The normalized spacial score (nSPS) is 18.6. The zero-order valence-corrected chi connectivity index (χ0v) is 11.6. The molecule has 0 aromatic heterocycles. The quantitative estimate of drug-likeness (QED) is 0.860. The van der Waals surface area contributed by atoms with E-state index in [0.717, 1.165) is 38.5 Å². The molecule has 1 saturated carbocycles. The summed E-state index contributed by atoms with van der Waals surface area (Å²) in [4.78, 5) is 12.6. The number of hydrogen-bond acceptors (Lipinski definition) is 2. The van der Waals surface area contributed by atoms with Crippen LogP contribution in [0.5, 0.6) is 0 Å². The minimum absolute atomic E-state index is 0.120. The van der Waals surface area contributed by atoms with Crippen molar-refractivity contribution in [3.8, 4) is 0 Å². The number of nitrogens with two attached hydrogens (primary N) is 1. The van der Waals surface area contributed by atoms with Gasteiger partial charge in [0.25, 0.3) is 0 Å². The Bertz CT molecular complexity index is 459. The molecule has 2 nitrogen and oxygen atoms in total. The predicted octanol–water partition coefficient (Wildman–Crippen LogP) is 3.38. The van der Waals surface area contributed by atoms with Crippen molar-refractivity contribution in [3.63, 3.8) is 0 Å². The van der Waals surface area contributed by atoms with Crippen LogP contribution in [0.4, 0.5) is 8.78 Å². The summed E-state index contributed by atoms with van der Waals surface area (Å²) in [5, 5.41) is 0. The van der Waals surface area contributed by atoms with E-state index in [-0.39, 0.29) is 24.3 Å². The molecule has 2 N–H and O–H groups in total. The molecule has 0 bridgehead atoms. The van der Waals surface area contributed by atoms with Crippen LogP contribution in [-0.2, 0) is 11.2 Å². The van der Waals surface area contributed by atoms with Crippen LogP contribution in [0.15, 0.2) is 18.2 Å². The Hall–Kier alpha value is -1.29. The number of carbonyl (C=O) groups excluding carboxylic acids is 1. The molecule has 1 aliphatic rings. The van der Waals surface area contributed by atoms with Gasteiger partial charge in [-0.3, -0.25) is 4.79 Å². The fourth-order valence-electron chi connectivity index (χ4n) is 3.05. The lowest BCUT2D eigenvalue weighted by Crippen LogP contribution is -2.39. The van der Waals surface area contributed by atoms with Gasteiger partial charge in [0, 0.05) is 23.9 Å². The van der Waals surface area contributed by atoms with Gasteiger partial charge >= 0.3 is 0 Å². The van der Waals surface area contributed by atoms with E-state index in [0.29, 0.717) is 0 Å². The highest BCUT2D eigenvalue weighted by molar-refractivity contribution is 5.87. The monoisotopic (exact) mass is 281 g/mol. The van der Waals surface area contributed by atoms with Crippen LogP contribution in [0.1, 0.15) is 44.1 Å². The largest absolute Gasteiger partial charge is 0.329 e. The first-order valence-electron chi connectivity index (χ1n) is 7.25. The highest BCUT2D eigenvalue weighted by Crippen LogP contribution is 2.36. The van der Waals surface area contributed by atoms with Gasteiger partial charge < -0.3 is 5.73 Å². The molecule has 1 aliphatic carbocycles. The van der Waals surface area contributed by atoms with Crippen LogP contribution >= 0.6 is 0 Å². The molecule has 2 rings (SSSR count). The van der Waals surface area contributed by atoms with Gasteiger partial charge in [-0.05, 0) is 25.0 Å². The Kier molecular flexibility index (Phi) is 4.86. The first-order chi connectivity index (χ1) is 9.59. The fraction of sp³-hybridized carbons (Fsp3) is 0.562. The number of carbonyl (C=O) groups is 1. The molecule has 1 aromatic carbocycles. The number of halogens is 2. The second-order valence-corrected chi connectivity index (χ2v) is 5.70. The minimum atomic E-state index is -0.654. The van der Waals surface area contributed by atoms with Crippen molar-refractivity contribution in [1.82, 2.24) is 0 Å². The molecule has 0 heterocycles. The zero-order chi connectivity index (χ0) is 14.6. The summed E-state index contributed by atoms with van der Waals surface area (Å²) in [5.41, 5.74) is 5.11. The van der Waals surface area contributed by atoms with Gasteiger partial charge in [-0.2, -0.15) is 0 Å². The van der Waals surface area contributed by atoms with Gasteiger partial charge in [-0.15, -0.1) is 0 Å². The molecule has 0 atom stereocenters. The van der Waals surface area contributed by atoms with Crippen LogP contribution in [0, 0.1) is 17.0 Å². The molecular weight excluding hydrogens is 260 g/mol. The standard InChI is InChI=1S/C16H21F2NO/c17-13-6-5-7-14(18)12(13)10-15(20)16(11-19)8-3-1-2-4-9-16/h5-7H,1-4,8-11,19H2. The van der Waals surface area contributed by atoms with Crippen LogP contribution in [0.3, 0.4) is 0 Å². The van der Waals surface area contributed by atoms with E-state index in [2.05, 4.69) is 0 Å². The molecule has 0 radical (unpaired) electrons. The van der Waals surface area contributed by atoms with E-state index < -0.39 is 17.0 Å². The van der Waals surface area contributed by atoms with Gasteiger partial charge in [0.1, 0.15) is 17.4 Å². The summed E-state index contributed by atoms with van der Waals surface area (Å²) in [6, 6.07) is 3.69. The molecule has 0 saturated heterocycles. The average Bonchev–Trinajstić information content (AvgIpc) is 2.69. The summed E-state index contributed by atoms with van der Waals surface area (Å²) in [7, 11) is 0. The van der Waals surface area contributed by atoms with Crippen molar-refractivity contribution in [1.29, 1.82) is 0 Å². The lowest BCUT2D eigenvalue weighted by Gasteiger charge is -2.29. The van der Waals surface area contributed by atoms with Crippen LogP contribution in [0.2, 0.25) is 0 Å². The topological polar surface area (TPSA) is 43.1 Å². The molecule has 0 spiro atoms. The summed E-state index contributed by atoms with van der Waals surface area (Å²) in [6.45, 7) is 0.266. The van der Waals surface area contributed by atoms with Crippen molar-refractivity contribution in [2.75, 3.05) is 6.54 Å². The summed E-state index contributed by atoms with van der Waals surface area (Å²) >= 11 is 0. The number of ketones is 1. The molecule has 110 valence electrons. The highest BCUT2D eigenvalue weighted by atomic mass is 19.1. The molecule has 20 heavy (non-hydrogen) atoms. The van der Waals surface area contributed by atoms with Gasteiger partial charge in [0.15, 0.2) is 0 Å². The highest BCUT2D eigenvalue weighted by Gasteiger charge is 2.37. The lowest BCUT2D eigenvalue weighted by molar-refractivity contribution is -0.128. The smallest absolute Gasteiger partial charge is 0.144 e. The Morgan fingerprint density at radius 1 is 1.10 bits per heavy atom. The van der Waals surface area contributed by atoms with Gasteiger partial charge in [-0.25, -0.2) is 8.78 Å². The molecule has 0 aliphatic heterocycles. The van der Waals surface area contributed by atoms with Crippen LogP contribution in [0.25, 0.3) is 0 Å². The van der Waals surface area contributed by atoms with Gasteiger partial charge in [0.2, 0.25) is 0 Å². The van der Waals surface area contributed by atoms with Crippen LogP contribution < -0.4 is 5.73 Å². The number of rotatable bonds is 4. The molecule has 1 fully saturated rings. The minimum Gasteiger partial charge on any atom is -0.329 e. The second kappa shape index (κ2) is 6.44. The van der Waals surface area contributed by atoms with E-state index in [1.54, 1.807) is 0 Å². The van der Waals surface area contributed by atoms with E-state index in [4.69, 9.17) is 5.73 Å². The van der Waals surface area contributed by atoms with E-state index >= 15 is 0 Å².